The van der Waals surface area contributed by atoms with Crippen LogP contribution in [0.3, 0.4) is 0 Å². The Hall–Kier alpha value is -3.49. The largest absolute Gasteiger partial charge is 0.479 e. The lowest BCUT2D eigenvalue weighted by atomic mass is 10.0. The third-order valence-corrected chi connectivity index (χ3v) is 4.61. The number of aliphatic carboxylic acids is 1. The van der Waals surface area contributed by atoms with Gasteiger partial charge in [-0.1, -0.05) is 13.8 Å². The molecule has 0 radical (unpaired) electrons. The van der Waals surface area contributed by atoms with Gasteiger partial charge in [0, 0.05) is 6.20 Å². The Morgan fingerprint density at radius 3 is 2.38 bits per heavy atom. The second-order valence-electron chi connectivity index (χ2n) is 7.48. The van der Waals surface area contributed by atoms with Crippen molar-refractivity contribution in [3.05, 3.63) is 59.9 Å². The van der Waals surface area contributed by atoms with Crippen LogP contribution in [0.15, 0.2) is 42.9 Å². The van der Waals surface area contributed by atoms with E-state index in [-0.39, 0.29) is 11.7 Å². The summed E-state index contributed by atoms with van der Waals surface area (Å²) < 4.78 is 16.1. The van der Waals surface area contributed by atoms with Gasteiger partial charge in [-0.25, -0.2) is 13.9 Å². The highest BCUT2D eigenvalue weighted by molar-refractivity contribution is 6.05. The molecule has 8 nitrogen and oxygen atoms in total. The average molecular weight is 399 g/mol. The highest BCUT2D eigenvalue weighted by Crippen LogP contribution is 2.24. The zero-order chi connectivity index (χ0) is 21.3. The molecule has 9 heteroatoms. The molecule has 0 fully saturated rings. The molecule has 0 unspecified atom stereocenters. The molecule has 0 saturated carbocycles. The number of nitrogens with zero attached hydrogens (tertiary/aromatic N) is 4. The molecular formula is C20H22FN5O3. The fourth-order valence-electron chi connectivity index (χ4n) is 2.87. The Bertz CT molecular complexity index is 1050. The van der Waals surface area contributed by atoms with Crippen molar-refractivity contribution in [3.63, 3.8) is 0 Å². The number of carbonyl (C=O) groups is 2. The lowest BCUT2D eigenvalue weighted by molar-refractivity contribution is -0.146. The first-order valence-corrected chi connectivity index (χ1v) is 9.05. The zero-order valence-electron chi connectivity index (χ0n) is 16.5. The van der Waals surface area contributed by atoms with Gasteiger partial charge in [-0.2, -0.15) is 10.2 Å². The van der Waals surface area contributed by atoms with E-state index in [1.54, 1.807) is 16.8 Å². The Labute approximate surface area is 167 Å². The summed E-state index contributed by atoms with van der Waals surface area (Å²) in [6.45, 7) is 6.89. The highest BCUT2D eigenvalue weighted by atomic mass is 19.1. The number of nitrogens with one attached hydrogen (secondary N) is 1. The highest BCUT2D eigenvalue weighted by Gasteiger charge is 2.30. The number of halogens is 1. The van der Waals surface area contributed by atoms with Gasteiger partial charge in [0.15, 0.2) is 5.54 Å². The summed E-state index contributed by atoms with van der Waals surface area (Å²) in [6, 6.07) is 5.85. The van der Waals surface area contributed by atoms with E-state index in [0.29, 0.717) is 22.6 Å². The second-order valence-corrected chi connectivity index (χ2v) is 7.48. The van der Waals surface area contributed by atoms with Gasteiger partial charge in [0.2, 0.25) is 0 Å². The normalized spacial score (nSPS) is 11.7. The lowest BCUT2D eigenvalue weighted by Crippen LogP contribution is -2.35. The molecule has 1 amide bonds. The first-order chi connectivity index (χ1) is 13.6. The van der Waals surface area contributed by atoms with Crippen LogP contribution in [0.1, 0.15) is 49.7 Å². The van der Waals surface area contributed by atoms with Crippen LogP contribution in [0, 0.1) is 5.82 Å². The van der Waals surface area contributed by atoms with Crippen LogP contribution in [0.25, 0.3) is 5.69 Å². The maximum atomic E-state index is 13.2. The third kappa shape index (κ3) is 3.89. The molecule has 29 heavy (non-hydrogen) atoms. The summed E-state index contributed by atoms with van der Waals surface area (Å²) in [5, 5.41) is 20.4. The SMILES string of the molecule is CC(C)c1c(C(=O)Nc2cnn(C(C)(C)C(=O)O)c2)cnn1-c1ccc(F)cc1. The Morgan fingerprint density at radius 1 is 1.14 bits per heavy atom. The summed E-state index contributed by atoms with van der Waals surface area (Å²) in [4.78, 5) is 24.2. The average Bonchev–Trinajstić information content (AvgIpc) is 3.29. The Balaban J connectivity index is 1.90. The number of hydrogen-bond donors (Lipinski definition) is 2. The molecule has 0 atom stereocenters. The van der Waals surface area contributed by atoms with Crippen LogP contribution in [-0.4, -0.2) is 36.5 Å². The van der Waals surface area contributed by atoms with Gasteiger partial charge in [-0.15, -0.1) is 0 Å². The quantitative estimate of drug-likeness (QED) is 0.661. The van der Waals surface area contributed by atoms with Crippen LogP contribution in [-0.2, 0) is 10.3 Å². The number of hydrogen-bond acceptors (Lipinski definition) is 4. The molecule has 0 aliphatic carbocycles. The maximum absolute atomic E-state index is 13.2. The van der Waals surface area contributed by atoms with Gasteiger partial charge in [0.05, 0.1) is 35.0 Å². The molecule has 2 aromatic heterocycles. The maximum Gasteiger partial charge on any atom is 0.331 e. The molecule has 3 aromatic rings. The standard InChI is InChI=1S/C20H22FN5O3/c1-12(2)17-16(10-23-26(17)15-7-5-13(21)6-8-15)18(27)24-14-9-22-25(11-14)20(3,4)19(28)29/h5-12H,1-4H3,(H,24,27)(H,28,29). The van der Waals surface area contributed by atoms with Gasteiger partial charge >= 0.3 is 5.97 Å². The predicted octanol–water partition coefficient (Wildman–Crippen LogP) is 3.40. The predicted molar refractivity (Wildman–Crippen MR) is 105 cm³/mol. The van der Waals surface area contributed by atoms with Crippen molar-refractivity contribution in [2.75, 3.05) is 5.32 Å². The lowest BCUT2D eigenvalue weighted by Gasteiger charge is -2.19. The van der Waals surface area contributed by atoms with E-state index in [0.717, 1.165) is 0 Å². The Morgan fingerprint density at radius 2 is 1.79 bits per heavy atom. The van der Waals surface area contributed by atoms with E-state index in [2.05, 4.69) is 15.5 Å². The summed E-state index contributed by atoms with van der Waals surface area (Å²) in [7, 11) is 0. The van der Waals surface area contributed by atoms with Gasteiger partial charge in [0.1, 0.15) is 5.82 Å². The molecule has 0 aliphatic rings. The molecule has 2 N–H and O–H groups in total. The Kier molecular flexibility index (Phi) is 5.23. The topological polar surface area (TPSA) is 102 Å². The van der Waals surface area contributed by atoms with Crippen LogP contribution in [0.2, 0.25) is 0 Å². The number of rotatable bonds is 6. The van der Waals surface area contributed by atoms with E-state index >= 15 is 0 Å². The number of benzene rings is 1. The van der Waals surface area contributed by atoms with Crippen LogP contribution < -0.4 is 5.32 Å². The molecule has 0 aliphatic heterocycles. The van der Waals surface area contributed by atoms with Crippen molar-refractivity contribution in [3.8, 4) is 5.69 Å². The van der Waals surface area contributed by atoms with Crippen molar-refractivity contribution in [1.82, 2.24) is 19.6 Å². The van der Waals surface area contributed by atoms with Crippen LogP contribution in [0.4, 0.5) is 10.1 Å². The molecule has 0 saturated heterocycles. The van der Waals surface area contributed by atoms with E-state index in [1.165, 1.54) is 49.3 Å². The van der Waals surface area contributed by atoms with E-state index < -0.39 is 17.4 Å². The fourth-order valence-corrected chi connectivity index (χ4v) is 2.87. The molecule has 0 spiro atoms. The van der Waals surface area contributed by atoms with Gasteiger partial charge in [-0.3, -0.25) is 9.48 Å². The third-order valence-electron chi connectivity index (χ3n) is 4.61. The minimum Gasteiger partial charge on any atom is -0.479 e. The molecule has 152 valence electrons. The first-order valence-electron chi connectivity index (χ1n) is 9.05. The van der Waals surface area contributed by atoms with Crippen molar-refractivity contribution in [1.29, 1.82) is 0 Å². The van der Waals surface area contributed by atoms with E-state index in [1.807, 2.05) is 13.8 Å². The van der Waals surface area contributed by atoms with Crippen molar-refractivity contribution >= 4 is 17.6 Å². The fraction of sp³-hybridized carbons (Fsp3) is 0.300. The van der Waals surface area contributed by atoms with Crippen molar-refractivity contribution < 1.29 is 19.1 Å². The number of carbonyl (C=O) groups excluding carboxylic acids is 1. The minimum absolute atomic E-state index is 0.0306. The molecular weight excluding hydrogens is 377 g/mol. The summed E-state index contributed by atoms with van der Waals surface area (Å²) >= 11 is 0. The summed E-state index contributed by atoms with van der Waals surface area (Å²) in [5.41, 5.74) is 0.806. The molecule has 2 heterocycles. The summed E-state index contributed by atoms with van der Waals surface area (Å²) in [5.74, 6) is -1.82. The summed E-state index contributed by atoms with van der Waals surface area (Å²) in [6.07, 6.45) is 4.31. The smallest absolute Gasteiger partial charge is 0.331 e. The monoisotopic (exact) mass is 399 g/mol. The van der Waals surface area contributed by atoms with E-state index in [4.69, 9.17) is 0 Å². The van der Waals surface area contributed by atoms with Crippen molar-refractivity contribution in [2.45, 2.75) is 39.2 Å². The van der Waals surface area contributed by atoms with Crippen LogP contribution >= 0.6 is 0 Å². The van der Waals surface area contributed by atoms with Gasteiger partial charge < -0.3 is 10.4 Å². The van der Waals surface area contributed by atoms with E-state index in [9.17, 15) is 19.1 Å². The number of anilines is 1. The molecule has 3 rings (SSSR count). The molecule has 0 bridgehead atoms. The second kappa shape index (κ2) is 7.50. The van der Waals surface area contributed by atoms with Gasteiger partial charge in [0.25, 0.3) is 5.91 Å². The first kappa shape index (κ1) is 20.2. The number of amides is 1. The number of carboxylic acids is 1. The number of carboxylic acid groups (broad SMARTS) is 1. The van der Waals surface area contributed by atoms with Gasteiger partial charge in [-0.05, 0) is 44.0 Å². The van der Waals surface area contributed by atoms with Crippen molar-refractivity contribution in [2.24, 2.45) is 0 Å². The number of aromatic nitrogens is 4. The van der Waals surface area contributed by atoms with Crippen LogP contribution in [0.5, 0.6) is 0 Å². The zero-order valence-corrected chi connectivity index (χ0v) is 16.5. The minimum atomic E-state index is -1.25. The molecule has 1 aromatic carbocycles.